The lowest BCUT2D eigenvalue weighted by Crippen LogP contribution is -2.34. The van der Waals surface area contributed by atoms with Gasteiger partial charge in [0.1, 0.15) is 11.8 Å². The van der Waals surface area contributed by atoms with Crippen molar-refractivity contribution < 1.29 is 18.6 Å². The zero-order chi connectivity index (χ0) is 17.0. The number of rotatable bonds is 6. The first-order valence-corrected chi connectivity index (χ1v) is 9.77. The third kappa shape index (κ3) is 4.96. The topological polar surface area (TPSA) is 64.6 Å². The quantitative estimate of drug-likeness (QED) is 0.610. The summed E-state index contributed by atoms with van der Waals surface area (Å²) in [5.74, 6) is -0.152. The van der Waals surface area contributed by atoms with Gasteiger partial charge in [-0.05, 0) is 32.2 Å². The molecule has 0 unspecified atom stereocenters. The molecule has 0 fully saturated rings. The predicted molar refractivity (Wildman–Crippen MR) is 91.9 cm³/mol. The molecule has 0 bridgehead atoms. The van der Waals surface area contributed by atoms with Crippen molar-refractivity contribution in [1.29, 1.82) is 0 Å². The number of fused-ring (bicyclic) bond motifs is 1. The van der Waals surface area contributed by atoms with E-state index in [9.17, 15) is 9.36 Å². The molecular weight excluding hydrogens is 337 g/mol. The lowest BCUT2D eigenvalue weighted by Gasteiger charge is -2.19. The molecule has 0 radical (unpaired) electrons. The van der Waals surface area contributed by atoms with Gasteiger partial charge in [0.2, 0.25) is 0 Å². The zero-order valence-electron chi connectivity index (χ0n) is 13.2. The van der Waals surface area contributed by atoms with Gasteiger partial charge >= 0.3 is 12.8 Å². The minimum Gasteiger partial charge on any atom is -0.462 e. The summed E-state index contributed by atoms with van der Waals surface area (Å²) in [5.41, 5.74) is 0. The lowest BCUT2D eigenvalue weighted by molar-refractivity contribution is -0.148. The Morgan fingerprint density at radius 1 is 1.13 bits per heavy atom. The van der Waals surface area contributed by atoms with Crippen molar-refractivity contribution in [3.05, 3.63) is 42.5 Å². The van der Waals surface area contributed by atoms with E-state index in [1.165, 1.54) is 6.92 Å². The van der Waals surface area contributed by atoms with Crippen LogP contribution < -0.4 is 9.61 Å². The maximum Gasteiger partial charge on any atom is 0.409 e. The van der Waals surface area contributed by atoms with E-state index in [2.05, 4.69) is 5.09 Å². The van der Waals surface area contributed by atoms with Crippen LogP contribution in [0.25, 0.3) is 10.8 Å². The average Bonchev–Trinajstić information content (AvgIpc) is 2.46. The van der Waals surface area contributed by atoms with Crippen molar-refractivity contribution in [2.45, 2.75) is 32.9 Å². The second-order valence-corrected chi connectivity index (χ2v) is 8.12. The van der Waals surface area contributed by atoms with E-state index in [1.54, 1.807) is 26.0 Å². The first-order chi connectivity index (χ1) is 10.8. The molecular formula is C16H19ClNO4P. The number of ether oxygens (including phenoxy) is 1. The van der Waals surface area contributed by atoms with Gasteiger partial charge in [0.15, 0.2) is 0 Å². The first kappa shape index (κ1) is 17.8. The summed E-state index contributed by atoms with van der Waals surface area (Å²) in [7, 11) is 0. The van der Waals surface area contributed by atoms with Crippen molar-refractivity contribution in [3.8, 4) is 5.75 Å². The molecule has 2 rings (SSSR count). The van der Waals surface area contributed by atoms with Crippen LogP contribution in [0.3, 0.4) is 0 Å². The monoisotopic (exact) mass is 355 g/mol. The molecule has 7 heteroatoms. The standard InChI is InChI=1S/C16H19ClNO4P/c1-11(2)21-16(19)12(3)18-23(17,20)22-15-10-6-8-13-7-4-5-9-14(13)15/h4-12H,1-3H3,(H,18,20)/t12-,23-/m0/s1. The number of nitrogens with one attached hydrogen (secondary N) is 1. The van der Waals surface area contributed by atoms with Crippen LogP contribution in [0.2, 0.25) is 0 Å². The molecule has 2 aromatic rings. The third-order valence-electron chi connectivity index (χ3n) is 3.02. The Balaban J connectivity index is 2.14. The summed E-state index contributed by atoms with van der Waals surface area (Å²) in [4.78, 5) is 11.8. The Morgan fingerprint density at radius 2 is 1.78 bits per heavy atom. The van der Waals surface area contributed by atoms with Crippen LogP contribution in [-0.2, 0) is 14.1 Å². The molecule has 0 saturated carbocycles. The van der Waals surface area contributed by atoms with Crippen LogP contribution >= 0.6 is 18.1 Å². The molecule has 124 valence electrons. The summed E-state index contributed by atoms with van der Waals surface area (Å²) < 4.78 is 22.9. The molecule has 2 aromatic carbocycles. The van der Waals surface area contributed by atoms with Gasteiger partial charge in [0.25, 0.3) is 0 Å². The van der Waals surface area contributed by atoms with Gasteiger partial charge in [0, 0.05) is 16.6 Å². The molecule has 0 saturated heterocycles. The van der Waals surface area contributed by atoms with Crippen LogP contribution in [-0.4, -0.2) is 18.1 Å². The lowest BCUT2D eigenvalue weighted by atomic mass is 10.1. The molecule has 0 aliphatic carbocycles. The number of benzene rings is 2. The Kier molecular flexibility index (Phi) is 5.69. The second kappa shape index (κ2) is 7.35. The fourth-order valence-corrected chi connectivity index (χ4v) is 3.74. The van der Waals surface area contributed by atoms with Crippen LogP contribution in [0.15, 0.2) is 42.5 Å². The van der Waals surface area contributed by atoms with Crippen molar-refractivity contribution in [3.63, 3.8) is 0 Å². The van der Waals surface area contributed by atoms with Crippen LogP contribution in [0.1, 0.15) is 20.8 Å². The highest BCUT2D eigenvalue weighted by Crippen LogP contribution is 2.50. The van der Waals surface area contributed by atoms with E-state index in [1.807, 2.05) is 30.3 Å². The molecule has 0 amide bonds. The number of carbonyl (C=O) groups is 1. The highest BCUT2D eigenvalue weighted by molar-refractivity contribution is 7.84. The smallest absolute Gasteiger partial charge is 0.409 e. The van der Waals surface area contributed by atoms with Crippen LogP contribution in [0.4, 0.5) is 0 Å². The maximum absolute atomic E-state index is 12.5. The van der Waals surface area contributed by atoms with Gasteiger partial charge in [-0.15, -0.1) is 0 Å². The molecule has 23 heavy (non-hydrogen) atoms. The second-order valence-electron chi connectivity index (χ2n) is 5.38. The van der Waals surface area contributed by atoms with E-state index in [0.717, 1.165) is 10.8 Å². The van der Waals surface area contributed by atoms with Gasteiger partial charge in [0.05, 0.1) is 6.10 Å². The van der Waals surface area contributed by atoms with E-state index in [-0.39, 0.29) is 6.10 Å². The molecule has 0 spiro atoms. The van der Waals surface area contributed by atoms with Gasteiger partial charge in [-0.3, -0.25) is 4.79 Å². The Bertz CT molecular complexity index is 744. The Hall–Kier alpha value is -1.55. The minimum absolute atomic E-state index is 0.263. The van der Waals surface area contributed by atoms with Gasteiger partial charge in [-0.1, -0.05) is 36.4 Å². The largest absolute Gasteiger partial charge is 0.462 e. The summed E-state index contributed by atoms with van der Waals surface area (Å²) >= 11 is 5.96. The summed E-state index contributed by atoms with van der Waals surface area (Å²) in [6, 6.07) is 12.0. The van der Waals surface area contributed by atoms with Gasteiger partial charge < -0.3 is 9.26 Å². The molecule has 0 aromatic heterocycles. The molecule has 2 atom stereocenters. The van der Waals surface area contributed by atoms with E-state index in [4.69, 9.17) is 20.5 Å². The van der Waals surface area contributed by atoms with Gasteiger partial charge in [-0.2, -0.15) is 0 Å². The SMILES string of the molecule is CC(C)OC(=O)[C@H](C)N[P@](=O)(Cl)Oc1cccc2ccccc12. The third-order valence-corrected chi connectivity index (χ3v) is 4.65. The van der Waals surface area contributed by atoms with Crippen molar-refractivity contribution >= 4 is 34.9 Å². The molecule has 1 N–H and O–H groups in total. The zero-order valence-corrected chi connectivity index (χ0v) is 14.8. The van der Waals surface area contributed by atoms with Crippen LogP contribution in [0, 0.1) is 0 Å². The maximum atomic E-state index is 12.5. The highest BCUT2D eigenvalue weighted by atomic mass is 35.7. The van der Waals surface area contributed by atoms with Crippen molar-refractivity contribution in [2.75, 3.05) is 0 Å². The minimum atomic E-state index is -3.75. The fraction of sp³-hybridized carbons (Fsp3) is 0.312. The number of esters is 1. The first-order valence-electron chi connectivity index (χ1n) is 7.24. The van der Waals surface area contributed by atoms with Crippen molar-refractivity contribution in [2.24, 2.45) is 0 Å². The van der Waals surface area contributed by atoms with Crippen LogP contribution in [0.5, 0.6) is 5.75 Å². The number of carbonyl (C=O) groups excluding carboxylic acids is 1. The van der Waals surface area contributed by atoms with E-state index < -0.39 is 18.9 Å². The van der Waals surface area contributed by atoms with Crippen molar-refractivity contribution in [1.82, 2.24) is 5.09 Å². The molecule has 0 heterocycles. The molecule has 0 aliphatic heterocycles. The Morgan fingerprint density at radius 3 is 2.48 bits per heavy atom. The number of halogens is 1. The highest BCUT2D eigenvalue weighted by Gasteiger charge is 2.28. The Labute approximate surface area is 140 Å². The van der Waals surface area contributed by atoms with Gasteiger partial charge in [-0.25, -0.2) is 9.65 Å². The van der Waals surface area contributed by atoms with E-state index >= 15 is 0 Å². The summed E-state index contributed by atoms with van der Waals surface area (Å²) in [6.07, 6.45) is -0.263. The summed E-state index contributed by atoms with van der Waals surface area (Å²) in [5, 5.41) is 4.22. The summed E-state index contributed by atoms with van der Waals surface area (Å²) in [6.45, 7) is 1.24. The average molecular weight is 356 g/mol. The molecule has 5 nitrogen and oxygen atoms in total. The number of hydrogen-bond donors (Lipinski definition) is 1. The fourth-order valence-electron chi connectivity index (χ4n) is 2.05. The van der Waals surface area contributed by atoms with E-state index in [0.29, 0.717) is 5.75 Å². The normalized spacial score (nSPS) is 15.2. The molecule has 0 aliphatic rings. The number of hydrogen-bond acceptors (Lipinski definition) is 4. The predicted octanol–water partition coefficient (Wildman–Crippen LogP) is 4.50.